The summed E-state index contributed by atoms with van der Waals surface area (Å²) < 4.78 is 4.91. The highest BCUT2D eigenvalue weighted by molar-refractivity contribution is 6.36. The first kappa shape index (κ1) is 16.2. The van der Waals surface area contributed by atoms with Gasteiger partial charge in [0.15, 0.2) is 4.87 Å². The minimum atomic E-state index is -1.56. The zero-order valence-electron chi connectivity index (χ0n) is 12.0. The molecule has 3 nitrogen and oxygen atoms in total. The summed E-state index contributed by atoms with van der Waals surface area (Å²) in [7, 11) is 0. The first-order chi connectivity index (χ1) is 10.6. The molecule has 0 aliphatic rings. The van der Waals surface area contributed by atoms with Crippen molar-refractivity contribution < 1.29 is 14.3 Å². The van der Waals surface area contributed by atoms with E-state index in [0.29, 0.717) is 17.5 Å². The second-order valence-corrected chi connectivity index (χ2v) is 5.32. The molecule has 0 saturated heterocycles. The van der Waals surface area contributed by atoms with E-state index in [2.05, 4.69) is 6.92 Å². The third kappa shape index (κ3) is 3.37. The Balaban J connectivity index is 2.43. The molecule has 0 aliphatic heterocycles. The first-order valence-corrected chi connectivity index (χ1v) is 7.31. The van der Waals surface area contributed by atoms with E-state index < -0.39 is 16.8 Å². The molecule has 0 heterocycles. The largest absolute Gasteiger partial charge is 0.391 e. The van der Waals surface area contributed by atoms with Crippen LogP contribution in [0.15, 0.2) is 60.7 Å². The predicted molar refractivity (Wildman–Crippen MR) is 85.2 cm³/mol. The minimum Gasteiger partial charge on any atom is -0.391 e. The smallest absolute Gasteiger partial charge is 0.344 e. The summed E-state index contributed by atoms with van der Waals surface area (Å²) in [5.74, 6) is -1.43. The molecule has 2 aromatic carbocycles. The maximum atomic E-state index is 12.6. The zero-order valence-corrected chi connectivity index (χ0v) is 12.8. The molecule has 0 amide bonds. The Kier molecular flexibility index (Phi) is 5.34. The summed E-state index contributed by atoms with van der Waals surface area (Å²) in [6.45, 7) is 3.57. The van der Waals surface area contributed by atoms with Crippen molar-refractivity contribution in [2.75, 3.05) is 0 Å². The van der Waals surface area contributed by atoms with Crippen LogP contribution in [0.4, 0.5) is 0 Å². The van der Waals surface area contributed by atoms with E-state index in [1.807, 2.05) is 12.1 Å². The van der Waals surface area contributed by atoms with Gasteiger partial charge in [0.05, 0.1) is 0 Å². The maximum absolute atomic E-state index is 12.6. The zero-order chi connectivity index (χ0) is 16.0. The van der Waals surface area contributed by atoms with Crippen molar-refractivity contribution in [2.24, 2.45) is 0 Å². The van der Waals surface area contributed by atoms with E-state index in [9.17, 15) is 9.59 Å². The summed E-state index contributed by atoms with van der Waals surface area (Å²) in [5.41, 5.74) is 1.10. The Morgan fingerprint density at radius 3 is 1.82 bits per heavy atom. The van der Waals surface area contributed by atoms with Crippen molar-refractivity contribution in [1.82, 2.24) is 0 Å². The Labute approximate surface area is 134 Å². The highest BCUT2D eigenvalue weighted by atomic mass is 35.5. The molecule has 2 aromatic rings. The quantitative estimate of drug-likeness (QED) is 0.478. The lowest BCUT2D eigenvalue weighted by molar-refractivity contribution is -0.161. The molecular formula is C18H16ClO3. The van der Waals surface area contributed by atoms with Gasteiger partial charge in [-0.2, -0.15) is 0 Å². The maximum Gasteiger partial charge on any atom is 0.344 e. The highest BCUT2D eigenvalue weighted by Crippen LogP contribution is 2.38. The molecule has 0 aromatic heterocycles. The molecule has 1 radical (unpaired) electrons. The summed E-state index contributed by atoms with van der Waals surface area (Å²) in [6, 6.07) is 17.7. The van der Waals surface area contributed by atoms with Crippen LogP contribution < -0.4 is 0 Å². The average Bonchev–Trinajstić information content (AvgIpc) is 2.55. The van der Waals surface area contributed by atoms with Crippen molar-refractivity contribution in [3.8, 4) is 0 Å². The van der Waals surface area contributed by atoms with E-state index in [1.165, 1.54) is 0 Å². The molecule has 0 fully saturated rings. The van der Waals surface area contributed by atoms with Crippen molar-refractivity contribution in [2.45, 2.75) is 17.7 Å². The molecule has 2 rings (SSSR count). The number of carbonyl (C=O) groups is 2. The van der Waals surface area contributed by atoms with Gasteiger partial charge in [-0.05, 0) is 17.5 Å². The molecule has 0 saturated carbocycles. The molecule has 0 unspecified atom stereocenters. The molecule has 0 N–H and O–H groups in total. The lowest BCUT2D eigenvalue weighted by Gasteiger charge is -2.25. The number of carbonyl (C=O) groups excluding carboxylic acids is 2. The van der Waals surface area contributed by atoms with Gasteiger partial charge in [-0.15, -0.1) is 0 Å². The number of halogens is 1. The number of hydrogen-bond donors (Lipinski definition) is 0. The van der Waals surface area contributed by atoms with E-state index in [4.69, 9.17) is 16.3 Å². The van der Waals surface area contributed by atoms with Crippen LogP contribution in [-0.2, 0) is 19.2 Å². The molecule has 4 heteroatoms. The standard InChI is InChI=1S/C18H16ClO3/c1-2-9-16(20)22-17(21)18(19,14-10-5-3-6-11-14)15-12-7-4-8-13-15/h3-8,10-13H,1-2,9H2. The number of ether oxygens (including phenoxy) is 1. The number of hydrogen-bond acceptors (Lipinski definition) is 3. The lowest BCUT2D eigenvalue weighted by Crippen LogP contribution is -2.34. The number of esters is 2. The van der Waals surface area contributed by atoms with Gasteiger partial charge in [-0.3, -0.25) is 4.79 Å². The van der Waals surface area contributed by atoms with Gasteiger partial charge in [0.2, 0.25) is 0 Å². The fourth-order valence-electron chi connectivity index (χ4n) is 2.11. The third-order valence-corrected chi connectivity index (χ3v) is 3.80. The third-order valence-electron chi connectivity index (χ3n) is 3.21. The monoisotopic (exact) mass is 315 g/mol. The molecule has 22 heavy (non-hydrogen) atoms. The van der Waals surface area contributed by atoms with E-state index in [0.717, 1.165) is 0 Å². The van der Waals surface area contributed by atoms with Crippen LogP contribution in [0.3, 0.4) is 0 Å². The number of benzene rings is 2. The van der Waals surface area contributed by atoms with Crippen LogP contribution in [0.1, 0.15) is 24.0 Å². The summed E-state index contributed by atoms with van der Waals surface area (Å²) in [5, 5.41) is 0. The van der Waals surface area contributed by atoms with Gasteiger partial charge in [-0.1, -0.05) is 79.2 Å². The minimum absolute atomic E-state index is 0.0717. The molecule has 0 aliphatic carbocycles. The van der Waals surface area contributed by atoms with E-state index in [1.54, 1.807) is 48.5 Å². The van der Waals surface area contributed by atoms with Crippen molar-refractivity contribution in [3.63, 3.8) is 0 Å². The Morgan fingerprint density at radius 2 is 1.41 bits per heavy atom. The highest BCUT2D eigenvalue weighted by Gasteiger charge is 2.42. The normalized spacial score (nSPS) is 11.0. The molecular weight excluding hydrogens is 300 g/mol. The number of alkyl halides is 1. The molecule has 0 atom stereocenters. The van der Waals surface area contributed by atoms with Crippen LogP contribution >= 0.6 is 11.6 Å². The van der Waals surface area contributed by atoms with Crippen molar-refractivity contribution in [1.29, 1.82) is 0 Å². The molecule has 0 bridgehead atoms. The Bertz CT molecular complexity index is 598. The molecule has 0 spiro atoms. The van der Waals surface area contributed by atoms with Crippen molar-refractivity contribution >= 4 is 23.5 Å². The van der Waals surface area contributed by atoms with Crippen LogP contribution in [0.5, 0.6) is 0 Å². The second-order valence-electron chi connectivity index (χ2n) is 4.76. The Hall–Kier alpha value is -2.13. The van der Waals surface area contributed by atoms with Crippen LogP contribution in [-0.4, -0.2) is 11.9 Å². The van der Waals surface area contributed by atoms with Gasteiger partial charge in [-0.25, -0.2) is 4.79 Å². The second kappa shape index (κ2) is 7.23. The van der Waals surface area contributed by atoms with Gasteiger partial charge in [0.1, 0.15) is 0 Å². The predicted octanol–water partition coefficient (Wildman–Crippen LogP) is 3.85. The first-order valence-electron chi connectivity index (χ1n) is 6.93. The van der Waals surface area contributed by atoms with E-state index in [-0.39, 0.29) is 6.42 Å². The number of rotatable bonds is 5. The van der Waals surface area contributed by atoms with Gasteiger partial charge >= 0.3 is 11.9 Å². The molecule has 113 valence electrons. The van der Waals surface area contributed by atoms with Gasteiger partial charge in [0, 0.05) is 6.42 Å². The van der Waals surface area contributed by atoms with Gasteiger partial charge < -0.3 is 4.74 Å². The summed E-state index contributed by atoms with van der Waals surface area (Å²) in [6.07, 6.45) is 0.431. The SMILES string of the molecule is [CH2]CCC(=O)OC(=O)C(Cl)(c1ccccc1)c1ccccc1. The Morgan fingerprint density at radius 1 is 0.955 bits per heavy atom. The summed E-state index contributed by atoms with van der Waals surface area (Å²) >= 11 is 6.64. The lowest BCUT2D eigenvalue weighted by atomic mass is 9.90. The fourth-order valence-corrected chi connectivity index (χ4v) is 2.40. The van der Waals surface area contributed by atoms with E-state index >= 15 is 0 Å². The van der Waals surface area contributed by atoms with Crippen LogP contribution in [0.25, 0.3) is 0 Å². The van der Waals surface area contributed by atoms with Crippen LogP contribution in [0, 0.1) is 6.92 Å². The summed E-state index contributed by atoms with van der Waals surface area (Å²) in [4.78, 5) is 22.6. The topological polar surface area (TPSA) is 43.4 Å². The van der Waals surface area contributed by atoms with Crippen molar-refractivity contribution in [3.05, 3.63) is 78.7 Å². The fraction of sp³-hybridized carbons (Fsp3) is 0.167. The average molecular weight is 316 g/mol. The van der Waals surface area contributed by atoms with Gasteiger partial charge in [0.25, 0.3) is 0 Å². The van der Waals surface area contributed by atoms with Crippen LogP contribution in [0.2, 0.25) is 0 Å².